The molecule has 0 aliphatic heterocycles. The van der Waals surface area contributed by atoms with Gasteiger partial charge in [0, 0.05) is 0 Å². The van der Waals surface area contributed by atoms with Crippen LogP contribution in [0.4, 0.5) is 0 Å². The van der Waals surface area contributed by atoms with Crippen LogP contribution in [0.1, 0.15) is 12.0 Å². The predicted octanol–water partition coefficient (Wildman–Crippen LogP) is 3.42. The van der Waals surface area contributed by atoms with Gasteiger partial charge in [0.05, 0.1) is 20.6 Å². The second kappa shape index (κ2) is 6.05. The van der Waals surface area contributed by atoms with Crippen molar-refractivity contribution >= 4 is 22.8 Å². The maximum Gasteiger partial charge on any atom is 0.309 e. The molecule has 0 aliphatic rings. The minimum atomic E-state index is -0.234. The molecule has 0 radical (unpaired) electrons. The molecule has 2 aromatic carbocycles. The average molecular weight is 256 g/mol. The van der Waals surface area contributed by atoms with Crippen molar-refractivity contribution in [2.75, 3.05) is 14.2 Å². The largest absolute Gasteiger partial charge is 0.497 e. The van der Waals surface area contributed by atoms with Crippen LogP contribution in [0.3, 0.4) is 0 Å². The molecular weight excluding hydrogens is 240 g/mol. The quantitative estimate of drug-likeness (QED) is 0.786. The highest BCUT2D eigenvalue weighted by Crippen LogP contribution is 2.22. The molecule has 0 bridgehead atoms. The molecule has 2 rings (SSSR count). The van der Waals surface area contributed by atoms with Crippen molar-refractivity contribution in [3.63, 3.8) is 0 Å². The molecule has 0 spiro atoms. The van der Waals surface area contributed by atoms with Crippen LogP contribution in [0.25, 0.3) is 16.8 Å². The van der Waals surface area contributed by atoms with E-state index in [-0.39, 0.29) is 12.4 Å². The Balaban J connectivity index is 2.20. The first-order chi connectivity index (χ1) is 9.22. The Hall–Kier alpha value is -2.29. The highest BCUT2D eigenvalue weighted by Gasteiger charge is 1.98. The molecule has 19 heavy (non-hydrogen) atoms. The van der Waals surface area contributed by atoms with Gasteiger partial charge >= 0.3 is 5.97 Å². The lowest BCUT2D eigenvalue weighted by Gasteiger charge is -2.03. The molecule has 0 aliphatic carbocycles. The van der Waals surface area contributed by atoms with Gasteiger partial charge in [-0.1, -0.05) is 30.4 Å². The van der Waals surface area contributed by atoms with Crippen molar-refractivity contribution in [1.82, 2.24) is 0 Å². The van der Waals surface area contributed by atoms with Gasteiger partial charge in [-0.25, -0.2) is 0 Å². The third-order valence-corrected chi connectivity index (χ3v) is 2.89. The maximum atomic E-state index is 11.0. The van der Waals surface area contributed by atoms with Crippen LogP contribution >= 0.6 is 0 Å². The lowest BCUT2D eigenvalue weighted by atomic mass is 10.1. The molecule has 0 atom stereocenters. The fourth-order valence-electron chi connectivity index (χ4n) is 1.85. The third-order valence-electron chi connectivity index (χ3n) is 2.89. The van der Waals surface area contributed by atoms with E-state index >= 15 is 0 Å². The van der Waals surface area contributed by atoms with Gasteiger partial charge < -0.3 is 9.47 Å². The predicted molar refractivity (Wildman–Crippen MR) is 76.2 cm³/mol. The summed E-state index contributed by atoms with van der Waals surface area (Å²) in [6.45, 7) is 0. The van der Waals surface area contributed by atoms with Gasteiger partial charge in [-0.3, -0.25) is 4.79 Å². The van der Waals surface area contributed by atoms with Gasteiger partial charge in [0.15, 0.2) is 0 Å². The summed E-state index contributed by atoms with van der Waals surface area (Å²) in [5, 5.41) is 2.27. The van der Waals surface area contributed by atoms with Gasteiger partial charge in [0.25, 0.3) is 0 Å². The molecule has 2 aromatic rings. The van der Waals surface area contributed by atoms with E-state index in [1.54, 1.807) is 13.2 Å². The summed E-state index contributed by atoms with van der Waals surface area (Å²) in [4.78, 5) is 11.0. The molecule has 0 unspecified atom stereocenters. The molecule has 3 nitrogen and oxygen atoms in total. The summed E-state index contributed by atoms with van der Waals surface area (Å²) in [7, 11) is 3.05. The summed E-state index contributed by atoms with van der Waals surface area (Å²) in [5.41, 5.74) is 1.06. The lowest BCUT2D eigenvalue weighted by molar-refractivity contribution is -0.139. The number of fused-ring (bicyclic) bond motifs is 1. The molecule has 98 valence electrons. The Morgan fingerprint density at radius 2 is 1.84 bits per heavy atom. The molecule has 0 heterocycles. The van der Waals surface area contributed by atoms with Crippen molar-refractivity contribution in [1.29, 1.82) is 0 Å². The Labute approximate surface area is 112 Å². The van der Waals surface area contributed by atoms with Gasteiger partial charge in [-0.2, -0.15) is 0 Å². The van der Waals surface area contributed by atoms with Crippen molar-refractivity contribution < 1.29 is 14.3 Å². The SMILES string of the molecule is COC(=O)CC=Cc1ccc2cc(OC)ccc2c1. The molecular formula is C16H16O3. The number of ether oxygens (including phenoxy) is 2. The van der Waals surface area contributed by atoms with E-state index in [0.717, 1.165) is 22.1 Å². The monoisotopic (exact) mass is 256 g/mol. The van der Waals surface area contributed by atoms with Crippen LogP contribution in [0.2, 0.25) is 0 Å². The lowest BCUT2D eigenvalue weighted by Crippen LogP contribution is -1.96. The molecule has 3 heteroatoms. The average Bonchev–Trinajstić information content (AvgIpc) is 2.46. The zero-order valence-electron chi connectivity index (χ0n) is 11.1. The second-order valence-corrected chi connectivity index (χ2v) is 4.16. The Kier molecular flexibility index (Phi) is 4.18. The first-order valence-electron chi connectivity index (χ1n) is 6.04. The molecule has 0 saturated heterocycles. The van der Waals surface area contributed by atoms with Gasteiger partial charge in [0.2, 0.25) is 0 Å². The highest BCUT2D eigenvalue weighted by atomic mass is 16.5. The molecule has 0 N–H and O–H groups in total. The minimum absolute atomic E-state index is 0.234. The smallest absolute Gasteiger partial charge is 0.309 e. The van der Waals surface area contributed by atoms with Crippen LogP contribution in [-0.2, 0) is 9.53 Å². The van der Waals surface area contributed by atoms with Crippen LogP contribution in [0.5, 0.6) is 5.75 Å². The number of esters is 1. The minimum Gasteiger partial charge on any atom is -0.497 e. The topological polar surface area (TPSA) is 35.5 Å². The standard InChI is InChI=1S/C16H16O3/c1-18-15-9-8-13-10-12(6-7-14(13)11-15)4-3-5-16(17)19-2/h3-4,6-11H,5H2,1-2H3. The maximum absolute atomic E-state index is 11.0. The zero-order valence-corrected chi connectivity index (χ0v) is 11.1. The van der Waals surface area contributed by atoms with Crippen LogP contribution in [0.15, 0.2) is 42.5 Å². The van der Waals surface area contributed by atoms with E-state index in [1.165, 1.54) is 7.11 Å². The molecule has 0 saturated carbocycles. The van der Waals surface area contributed by atoms with Crippen molar-refractivity contribution in [2.24, 2.45) is 0 Å². The molecule has 0 amide bonds. The van der Waals surface area contributed by atoms with Crippen LogP contribution in [-0.4, -0.2) is 20.2 Å². The van der Waals surface area contributed by atoms with Gasteiger partial charge in [0.1, 0.15) is 5.75 Å². The second-order valence-electron chi connectivity index (χ2n) is 4.16. The molecule has 0 aromatic heterocycles. The first kappa shape index (κ1) is 13.1. The van der Waals surface area contributed by atoms with Crippen LogP contribution in [0, 0.1) is 0 Å². The van der Waals surface area contributed by atoms with E-state index in [4.69, 9.17) is 4.74 Å². The Bertz CT molecular complexity index is 614. The van der Waals surface area contributed by atoms with E-state index in [0.29, 0.717) is 0 Å². The fraction of sp³-hybridized carbons (Fsp3) is 0.188. The Morgan fingerprint density at radius 1 is 1.11 bits per heavy atom. The number of methoxy groups -OCH3 is 2. The summed E-state index contributed by atoms with van der Waals surface area (Å²) in [5.74, 6) is 0.614. The Morgan fingerprint density at radius 3 is 2.58 bits per heavy atom. The highest BCUT2D eigenvalue weighted by molar-refractivity contribution is 5.86. The number of carbonyl (C=O) groups excluding carboxylic acids is 1. The zero-order chi connectivity index (χ0) is 13.7. The number of hydrogen-bond donors (Lipinski definition) is 0. The summed E-state index contributed by atoms with van der Waals surface area (Å²) >= 11 is 0. The normalized spacial score (nSPS) is 10.8. The fourth-order valence-corrected chi connectivity index (χ4v) is 1.85. The van der Waals surface area contributed by atoms with E-state index in [1.807, 2.05) is 36.4 Å². The van der Waals surface area contributed by atoms with Crippen molar-refractivity contribution in [3.8, 4) is 5.75 Å². The van der Waals surface area contributed by atoms with E-state index in [2.05, 4.69) is 10.8 Å². The summed E-state index contributed by atoms with van der Waals surface area (Å²) in [6, 6.07) is 12.1. The summed E-state index contributed by atoms with van der Waals surface area (Å²) in [6.07, 6.45) is 4.01. The summed E-state index contributed by atoms with van der Waals surface area (Å²) < 4.78 is 9.77. The number of rotatable bonds is 4. The van der Waals surface area contributed by atoms with Gasteiger partial charge in [-0.15, -0.1) is 0 Å². The van der Waals surface area contributed by atoms with Crippen LogP contribution < -0.4 is 4.74 Å². The van der Waals surface area contributed by atoms with E-state index in [9.17, 15) is 4.79 Å². The van der Waals surface area contributed by atoms with Crippen molar-refractivity contribution in [3.05, 3.63) is 48.0 Å². The third kappa shape index (κ3) is 3.35. The number of carbonyl (C=O) groups is 1. The molecule has 0 fully saturated rings. The number of benzene rings is 2. The first-order valence-corrected chi connectivity index (χ1v) is 6.04. The van der Waals surface area contributed by atoms with Crippen molar-refractivity contribution in [2.45, 2.75) is 6.42 Å². The van der Waals surface area contributed by atoms with Gasteiger partial charge in [-0.05, 0) is 34.5 Å². The number of hydrogen-bond acceptors (Lipinski definition) is 3. The van der Waals surface area contributed by atoms with E-state index < -0.39 is 0 Å².